The fourth-order valence-electron chi connectivity index (χ4n) is 2.46. The van der Waals surface area contributed by atoms with Gasteiger partial charge in [-0.05, 0) is 42.8 Å². The molecule has 0 aliphatic rings. The number of ether oxygens (including phenoxy) is 1. The third kappa shape index (κ3) is 5.22. The van der Waals surface area contributed by atoms with Gasteiger partial charge in [-0.1, -0.05) is 23.7 Å². The van der Waals surface area contributed by atoms with E-state index in [4.69, 9.17) is 16.3 Å². The molecule has 0 radical (unpaired) electrons. The SMILES string of the molecule is COc1ccc(C)cc1N(CCC(=O)Nc1cccc(Cl)c1)C(C)=O. The van der Waals surface area contributed by atoms with Crippen LogP contribution >= 0.6 is 11.6 Å². The number of carbonyl (C=O) groups is 2. The first-order valence-electron chi connectivity index (χ1n) is 7.89. The second-order valence-electron chi connectivity index (χ2n) is 5.65. The van der Waals surface area contributed by atoms with Gasteiger partial charge in [0, 0.05) is 30.6 Å². The van der Waals surface area contributed by atoms with Crippen LogP contribution in [0.3, 0.4) is 0 Å². The van der Waals surface area contributed by atoms with Gasteiger partial charge in [0.2, 0.25) is 11.8 Å². The number of rotatable bonds is 6. The first-order chi connectivity index (χ1) is 11.9. The Labute approximate surface area is 152 Å². The van der Waals surface area contributed by atoms with Crippen LogP contribution in [0.1, 0.15) is 18.9 Å². The molecule has 25 heavy (non-hydrogen) atoms. The Hall–Kier alpha value is -2.53. The third-order valence-corrected chi connectivity index (χ3v) is 3.91. The van der Waals surface area contributed by atoms with Gasteiger partial charge < -0.3 is 15.0 Å². The van der Waals surface area contributed by atoms with Gasteiger partial charge in [0.05, 0.1) is 12.8 Å². The number of amides is 2. The number of anilines is 2. The Morgan fingerprint density at radius 2 is 1.96 bits per heavy atom. The molecule has 0 saturated heterocycles. The molecule has 1 N–H and O–H groups in total. The van der Waals surface area contributed by atoms with E-state index in [1.165, 1.54) is 6.92 Å². The molecule has 0 aromatic heterocycles. The highest BCUT2D eigenvalue weighted by Crippen LogP contribution is 2.29. The van der Waals surface area contributed by atoms with E-state index >= 15 is 0 Å². The van der Waals surface area contributed by atoms with Crippen molar-refractivity contribution < 1.29 is 14.3 Å². The van der Waals surface area contributed by atoms with E-state index in [-0.39, 0.29) is 24.8 Å². The van der Waals surface area contributed by atoms with E-state index in [2.05, 4.69) is 5.32 Å². The molecule has 2 aromatic carbocycles. The zero-order valence-electron chi connectivity index (χ0n) is 14.5. The van der Waals surface area contributed by atoms with Gasteiger partial charge in [0.1, 0.15) is 5.75 Å². The van der Waals surface area contributed by atoms with Crippen molar-refractivity contribution in [3.05, 3.63) is 53.1 Å². The predicted molar refractivity (Wildman–Crippen MR) is 100 cm³/mol. The molecule has 0 aliphatic heterocycles. The molecule has 0 heterocycles. The Bertz CT molecular complexity index is 777. The molecule has 0 saturated carbocycles. The normalized spacial score (nSPS) is 10.2. The second kappa shape index (κ2) is 8.53. The lowest BCUT2D eigenvalue weighted by Gasteiger charge is -2.23. The van der Waals surface area contributed by atoms with Gasteiger partial charge in [0.25, 0.3) is 0 Å². The lowest BCUT2D eigenvalue weighted by atomic mass is 10.1. The number of methoxy groups -OCH3 is 1. The Morgan fingerprint density at radius 3 is 2.60 bits per heavy atom. The predicted octanol–water partition coefficient (Wildman–Crippen LogP) is 4.04. The van der Waals surface area contributed by atoms with Crippen molar-refractivity contribution in [2.24, 2.45) is 0 Å². The van der Waals surface area contributed by atoms with Crippen LogP contribution in [0.15, 0.2) is 42.5 Å². The Kier molecular flexibility index (Phi) is 6.42. The maximum atomic E-state index is 12.2. The minimum Gasteiger partial charge on any atom is -0.495 e. The molecule has 2 aromatic rings. The minimum atomic E-state index is -0.194. The van der Waals surface area contributed by atoms with E-state index < -0.39 is 0 Å². The molecule has 0 aliphatic carbocycles. The summed E-state index contributed by atoms with van der Waals surface area (Å²) < 4.78 is 5.34. The summed E-state index contributed by atoms with van der Waals surface area (Å²) in [6, 6.07) is 12.5. The van der Waals surface area contributed by atoms with Crippen molar-refractivity contribution in [3.8, 4) is 5.75 Å². The average molecular weight is 361 g/mol. The molecule has 0 atom stereocenters. The summed E-state index contributed by atoms with van der Waals surface area (Å²) in [7, 11) is 1.55. The topological polar surface area (TPSA) is 58.6 Å². The number of aryl methyl sites for hydroxylation is 1. The summed E-state index contributed by atoms with van der Waals surface area (Å²) >= 11 is 5.91. The van der Waals surface area contributed by atoms with Crippen molar-refractivity contribution in [3.63, 3.8) is 0 Å². The van der Waals surface area contributed by atoms with E-state index in [0.717, 1.165) is 5.56 Å². The van der Waals surface area contributed by atoms with Crippen LogP contribution in [0, 0.1) is 6.92 Å². The number of nitrogens with zero attached hydrogens (tertiary/aromatic N) is 1. The fraction of sp³-hybridized carbons (Fsp3) is 0.263. The first kappa shape index (κ1) is 18.8. The lowest BCUT2D eigenvalue weighted by Crippen LogP contribution is -2.32. The summed E-state index contributed by atoms with van der Waals surface area (Å²) in [6.07, 6.45) is 0.156. The molecule has 0 spiro atoms. The number of nitrogens with one attached hydrogen (secondary N) is 1. The monoisotopic (exact) mass is 360 g/mol. The van der Waals surface area contributed by atoms with E-state index in [9.17, 15) is 9.59 Å². The van der Waals surface area contributed by atoms with Crippen molar-refractivity contribution in [1.29, 1.82) is 0 Å². The summed E-state index contributed by atoms with van der Waals surface area (Å²) in [6.45, 7) is 3.66. The minimum absolute atomic E-state index is 0.153. The Morgan fingerprint density at radius 1 is 1.20 bits per heavy atom. The number of halogens is 1. The van der Waals surface area contributed by atoms with Crippen LogP contribution in [0.2, 0.25) is 5.02 Å². The number of carbonyl (C=O) groups excluding carboxylic acids is 2. The van der Waals surface area contributed by atoms with Gasteiger partial charge in [-0.2, -0.15) is 0 Å². The van der Waals surface area contributed by atoms with E-state index in [0.29, 0.717) is 22.1 Å². The second-order valence-corrected chi connectivity index (χ2v) is 6.09. The number of benzene rings is 2. The smallest absolute Gasteiger partial charge is 0.226 e. The summed E-state index contributed by atoms with van der Waals surface area (Å²) in [5, 5.41) is 3.32. The molecular formula is C19H21ClN2O3. The van der Waals surface area contributed by atoms with E-state index in [1.807, 2.05) is 25.1 Å². The van der Waals surface area contributed by atoms with Crippen molar-refractivity contribution >= 4 is 34.8 Å². The summed E-state index contributed by atoms with van der Waals surface area (Å²) in [5.74, 6) is 0.246. The molecule has 6 heteroatoms. The number of hydrogen-bond donors (Lipinski definition) is 1. The molecule has 0 bridgehead atoms. The van der Waals surface area contributed by atoms with Crippen LogP contribution in [-0.4, -0.2) is 25.5 Å². The first-order valence-corrected chi connectivity index (χ1v) is 8.26. The van der Waals surface area contributed by atoms with Gasteiger partial charge in [-0.25, -0.2) is 0 Å². The highest BCUT2D eigenvalue weighted by atomic mass is 35.5. The van der Waals surface area contributed by atoms with Crippen molar-refractivity contribution in [2.45, 2.75) is 20.3 Å². The summed E-state index contributed by atoms with van der Waals surface area (Å²) in [4.78, 5) is 25.8. The van der Waals surface area contributed by atoms with Crippen LogP contribution in [0.4, 0.5) is 11.4 Å². The molecule has 0 unspecified atom stereocenters. The number of hydrogen-bond acceptors (Lipinski definition) is 3. The maximum Gasteiger partial charge on any atom is 0.226 e. The maximum absolute atomic E-state index is 12.2. The standard InChI is InChI=1S/C19H21ClN2O3/c1-13-7-8-18(25-3)17(11-13)22(14(2)23)10-9-19(24)21-16-6-4-5-15(20)12-16/h4-8,11-12H,9-10H2,1-3H3,(H,21,24). The molecule has 5 nitrogen and oxygen atoms in total. The van der Waals surface area contributed by atoms with Crippen LogP contribution in [-0.2, 0) is 9.59 Å². The van der Waals surface area contributed by atoms with Crippen LogP contribution in [0.5, 0.6) is 5.75 Å². The lowest BCUT2D eigenvalue weighted by molar-refractivity contribution is -0.117. The quantitative estimate of drug-likeness (QED) is 0.845. The summed E-state index contributed by atoms with van der Waals surface area (Å²) in [5.41, 5.74) is 2.29. The highest BCUT2D eigenvalue weighted by molar-refractivity contribution is 6.30. The molecular weight excluding hydrogens is 340 g/mol. The average Bonchev–Trinajstić information content (AvgIpc) is 2.55. The van der Waals surface area contributed by atoms with Gasteiger partial charge in [0.15, 0.2) is 0 Å². The van der Waals surface area contributed by atoms with Crippen molar-refractivity contribution in [1.82, 2.24) is 0 Å². The zero-order chi connectivity index (χ0) is 18.4. The third-order valence-electron chi connectivity index (χ3n) is 3.68. The zero-order valence-corrected chi connectivity index (χ0v) is 15.3. The molecule has 2 rings (SSSR count). The Balaban J connectivity index is 2.08. The van der Waals surface area contributed by atoms with Crippen molar-refractivity contribution in [2.75, 3.05) is 23.9 Å². The van der Waals surface area contributed by atoms with Crippen LogP contribution < -0.4 is 15.0 Å². The largest absolute Gasteiger partial charge is 0.495 e. The van der Waals surface area contributed by atoms with E-state index in [1.54, 1.807) is 36.3 Å². The molecule has 132 valence electrons. The fourth-order valence-corrected chi connectivity index (χ4v) is 2.65. The molecule has 0 fully saturated rings. The highest BCUT2D eigenvalue weighted by Gasteiger charge is 2.17. The van der Waals surface area contributed by atoms with Crippen LogP contribution in [0.25, 0.3) is 0 Å². The van der Waals surface area contributed by atoms with Gasteiger partial charge in [-0.3, -0.25) is 9.59 Å². The van der Waals surface area contributed by atoms with Gasteiger partial charge in [-0.15, -0.1) is 0 Å². The van der Waals surface area contributed by atoms with Gasteiger partial charge >= 0.3 is 0 Å². The molecule has 2 amide bonds.